The maximum absolute atomic E-state index is 15.3. The number of primary amides is 1. The van der Waals surface area contributed by atoms with E-state index >= 15 is 4.39 Å². The zero-order chi connectivity index (χ0) is 27.2. The van der Waals surface area contributed by atoms with E-state index in [1.54, 1.807) is 36.7 Å². The Kier molecular flexibility index (Phi) is 7.54. The number of halogens is 1. The minimum Gasteiger partial charge on any atom is -0.424 e. The molecule has 0 bridgehead atoms. The number of hydrogen-bond acceptors (Lipinski definition) is 9. The van der Waals surface area contributed by atoms with Crippen molar-refractivity contribution >= 4 is 17.4 Å². The molecule has 196 valence electrons. The lowest BCUT2D eigenvalue weighted by molar-refractivity contribution is 0.100. The molecule has 0 radical (unpaired) electrons. The number of ether oxygens (including phenoxy) is 1. The number of hydrogen-bond donors (Lipinski definition) is 2. The van der Waals surface area contributed by atoms with Gasteiger partial charge in [0.1, 0.15) is 23.8 Å². The molecule has 1 amide bonds. The standard InChI is InChI=1S/C28H25FN8O2/c29-23-17-37(26-7-4-19(14-30)15-35-26)11-8-24(23)36-25-13-20(34-16-22(25)27(31)38)12-18-2-5-21(6-3-18)39-28-32-9-1-10-33-28/h1-7,9-10,13,15-16,23-24H,8,11-12,17H2,(H2,31,38)(H,34,36)/t23-,24+/m0/s1. The van der Waals surface area contributed by atoms with Gasteiger partial charge < -0.3 is 20.7 Å². The van der Waals surface area contributed by atoms with Crippen LogP contribution in [0, 0.1) is 11.3 Å². The molecule has 10 nitrogen and oxygen atoms in total. The predicted octanol–water partition coefficient (Wildman–Crippen LogP) is 3.65. The van der Waals surface area contributed by atoms with Crippen molar-refractivity contribution < 1.29 is 13.9 Å². The van der Waals surface area contributed by atoms with Gasteiger partial charge in [-0.05, 0) is 48.4 Å². The van der Waals surface area contributed by atoms with Gasteiger partial charge in [-0.25, -0.2) is 19.3 Å². The number of nitriles is 1. The molecule has 1 fully saturated rings. The Morgan fingerprint density at radius 3 is 2.59 bits per heavy atom. The Labute approximate surface area is 224 Å². The second kappa shape index (κ2) is 11.5. The number of carbonyl (C=O) groups is 1. The highest BCUT2D eigenvalue weighted by atomic mass is 19.1. The quantitative estimate of drug-likeness (QED) is 0.353. The number of pyridine rings is 2. The van der Waals surface area contributed by atoms with Gasteiger partial charge in [0.15, 0.2) is 0 Å². The van der Waals surface area contributed by atoms with Crippen molar-refractivity contribution in [2.75, 3.05) is 23.3 Å². The van der Waals surface area contributed by atoms with E-state index in [1.807, 2.05) is 35.2 Å². The monoisotopic (exact) mass is 524 g/mol. The lowest BCUT2D eigenvalue weighted by atomic mass is 10.0. The second-order valence-electron chi connectivity index (χ2n) is 9.06. The molecule has 0 aliphatic carbocycles. The van der Waals surface area contributed by atoms with Gasteiger partial charge in [0, 0.05) is 43.4 Å². The van der Waals surface area contributed by atoms with E-state index in [0.29, 0.717) is 47.9 Å². The van der Waals surface area contributed by atoms with Gasteiger partial charge >= 0.3 is 6.01 Å². The van der Waals surface area contributed by atoms with Crippen LogP contribution in [0.2, 0.25) is 0 Å². The number of alkyl halides is 1. The van der Waals surface area contributed by atoms with E-state index in [9.17, 15) is 4.79 Å². The van der Waals surface area contributed by atoms with E-state index in [2.05, 4.69) is 25.3 Å². The zero-order valence-corrected chi connectivity index (χ0v) is 20.9. The Morgan fingerprint density at radius 2 is 1.92 bits per heavy atom. The van der Waals surface area contributed by atoms with Gasteiger partial charge in [-0.3, -0.25) is 9.78 Å². The molecule has 4 aromatic rings. The summed E-state index contributed by atoms with van der Waals surface area (Å²) in [4.78, 5) is 30.7. The summed E-state index contributed by atoms with van der Waals surface area (Å²) < 4.78 is 20.9. The third kappa shape index (κ3) is 6.24. The number of anilines is 2. The first-order valence-corrected chi connectivity index (χ1v) is 12.3. The molecule has 0 spiro atoms. The number of benzene rings is 1. The minimum absolute atomic E-state index is 0.128. The average Bonchev–Trinajstić information content (AvgIpc) is 2.96. The Bertz CT molecular complexity index is 1480. The van der Waals surface area contributed by atoms with E-state index < -0.39 is 18.1 Å². The fraction of sp³-hybridized carbons (Fsp3) is 0.214. The van der Waals surface area contributed by atoms with Crippen molar-refractivity contribution in [1.82, 2.24) is 19.9 Å². The van der Waals surface area contributed by atoms with Crippen molar-refractivity contribution in [1.29, 1.82) is 5.26 Å². The molecule has 2 atom stereocenters. The molecular formula is C28H25FN8O2. The summed E-state index contributed by atoms with van der Waals surface area (Å²) >= 11 is 0. The summed E-state index contributed by atoms with van der Waals surface area (Å²) in [6.07, 6.45) is 5.84. The van der Waals surface area contributed by atoms with Crippen LogP contribution < -0.4 is 20.7 Å². The second-order valence-corrected chi connectivity index (χ2v) is 9.06. The predicted molar refractivity (Wildman–Crippen MR) is 142 cm³/mol. The van der Waals surface area contributed by atoms with Gasteiger partial charge in [-0.1, -0.05) is 12.1 Å². The number of piperidine rings is 1. The Hall–Kier alpha value is -5.11. The fourth-order valence-electron chi connectivity index (χ4n) is 4.35. The van der Waals surface area contributed by atoms with Crippen molar-refractivity contribution in [3.63, 3.8) is 0 Å². The lowest BCUT2D eigenvalue weighted by Crippen LogP contribution is -2.48. The van der Waals surface area contributed by atoms with Crippen LogP contribution >= 0.6 is 0 Å². The SMILES string of the molecule is N#Cc1ccc(N2CC[C@@H](Nc3cc(Cc4ccc(Oc5ncccn5)cc4)ncc3C(N)=O)[C@@H](F)C2)nc1. The molecule has 4 heterocycles. The van der Waals surface area contributed by atoms with Gasteiger partial charge in [0.2, 0.25) is 0 Å². The molecule has 39 heavy (non-hydrogen) atoms. The lowest BCUT2D eigenvalue weighted by Gasteiger charge is -2.36. The highest BCUT2D eigenvalue weighted by Crippen LogP contribution is 2.26. The number of amides is 1. The van der Waals surface area contributed by atoms with Gasteiger partial charge in [0.05, 0.1) is 29.4 Å². The van der Waals surface area contributed by atoms with E-state index in [4.69, 9.17) is 15.7 Å². The molecule has 0 saturated carbocycles. The highest BCUT2D eigenvalue weighted by Gasteiger charge is 2.30. The van der Waals surface area contributed by atoms with Crippen molar-refractivity contribution in [3.8, 4) is 17.8 Å². The number of carbonyl (C=O) groups excluding carboxylic acids is 1. The first kappa shape index (κ1) is 25.5. The molecule has 1 aliphatic heterocycles. The van der Waals surface area contributed by atoms with Crippen molar-refractivity contribution in [2.45, 2.75) is 25.1 Å². The third-order valence-electron chi connectivity index (χ3n) is 6.37. The molecular weight excluding hydrogens is 499 g/mol. The highest BCUT2D eigenvalue weighted by molar-refractivity contribution is 5.98. The molecule has 1 aromatic carbocycles. The summed E-state index contributed by atoms with van der Waals surface area (Å²) in [6.45, 7) is 0.687. The summed E-state index contributed by atoms with van der Waals surface area (Å²) in [5.41, 5.74) is 8.34. The van der Waals surface area contributed by atoms with Crippen LogP contribution in [-0.2, 0) is 6.42 Å². The largest absolute Gasteiger partial charge is 0.424 e. The summed E-state index contributed by atoms with van der Waals surface area (Å²) in [5, 5.41) is 12.2. The summed E-state index contributed by atoms with van der Waals surface area (Å²) in [6, 6.07) is 16.0. The first-order chi connectivity index (χ1) is 19.0. The van der Waals surface area contributed by atoms with E-state index in [0.717, 1.165) is 5.56 Å². The van der Waals surface area contributed by atoms with Crippen LogP contribution in [0.4, 0.5) is 15.9 Å². The topological polar surface area (TPSA) is 143 Å². The van der Waals surface area contributed by atoms with Crippen LogP contribution in [0.15, 0.2) is 73.3 Å². The molecule has 5 rings (SSSR count). The number of aromatic nitrogens is 4. The Balaban J connectivity index is 1.26. The van der Waals surface area contributed by atoms with Crippen LogP contribution in [0.25, 0.3) is 0 Å². The van der Waals surface area contributed by atoms with E-state index in [1.165, 1.54) is 12.4 Å². The molecule has 3 aromatic heterocycles. The molecule has 1 aliphatic rings. The minimum atomic E-state index is -1.23. The van der Waals surface area contributed by atoms with Gasteiger partial charge in [0.25, 0.3) is 5.91 Å². The number of rotatable bonds is 8. The molecule has 11 heteroatoms. The number of nitrogens with zero attached hydrogens (tertiary/aromatic N) is 6. The van der Waals surface area contributed by atoms with E-state index in [-0.39, 0.29) is 18.1 Å². The zero-order valence-electron chi connectivity index (χ0n) is 20.9. The molecule has 1 saturated heterocycles. The van der Waals surface area contributed by atoms with Crippen LogP contribution in [0.1, 0.15) is 33.6 Å². The summed E-state index contributed by atoms with van der Waals surface area (Å²) in [5.74, 6) is 0.573. The Morgan fingerprint density at radius 1 is 1.13 bits per heavy atom. The van der Waals surface area contributed by atoms with Crippen LogP contribution in [-0.4, -0.2) is 51.1 Å². The smallest absolute Gasteiger partial charge is 0.321 e. The fourth-order valence-corrected chi connectivity index (χ4v) is 4.35. The average molecular weight is 525 g/mol. The maximum atomic E-state index is 15.3. The van der Waals surface area contributed by atoms with Crippen molar-refractivity contribution in [3.05, 3.63) is 95.7 Å². The van der Waals surface area contributed by atoms with Gasteiger partial charge in [-0.2, -0.15) is 5.26 Å². The molecule has 3 N–H and O–H groups in total. The number of nitrogens with one attached hydrogen (secondary N) is 1. The van der Waals surface area contributed by atoms with Crippen LogP contribution in [0.5, 0.6) is 11.8 Å². The maximum Gasteiger partial charge on any atom is 0.321 e. The van der Waals surface area contributed by atoms with Gasteiger partial charge in [-0.15, -0.1) is 0 Å². The van der Waals surface area contributed by atoms with Crippen LogP contribution in [0.3, 0.4) is 0 Å². The van der Waals surface area contributed by atoms with Crippen molar-refractivity contribution in [2.24, 2.45) is 5.73 Å². The molecule has 0 unspecified atom stereocenters. The summed E-state index contributed by atoms with van der Waals surface area (Å²) in [7, 11) is 0. The normalized spacial score (nSPS) is 16.8. The third-order valence-corrected chi connectivity index (χ3v) is 6.37. The first-order valence-electron chi connectivity index (χ1n) is 12.3. The number of nitrogens with two attached hydrogens (primary N) is 1.